The van der Waals surface area contributed by atoms with Gasteiger partial charge >= 0.3 is 6.03 Å². The first kappa shape index (κ1) is 18.2. The fourth-order valence-electron chi connectivity index (χ4n) is 1.38. The van der Waals surface area contributed by atoms with Gasteiger partial charge in [0, 0.05) is 26.3 Å². The summed E-state index contributed by atoms with van der Waals surface area (Å²) in [7, 11) is 1.31. The molecule has 0 aromatic heterocycles. The minimum Gasteiger partial charge on any atom is -0.317 e. The van der Waals surface area contributed by atoms with E-state index in [1.54, 1.807) is 0 Å². The number of unbranched alkanes of at least 4 members (excludes halogenated alkanes) is 2. The third-order valence-corrected chi connectivity index (χ3v) is 3.58. The molecule has 19 heavy (non-hydrogen) atoms. The highest BCUT2D eigenvalue weighted by Gasteiger charge is 2.17. The van der Waals surface area contributed by atoms with E-state index >= 15 is 0 Å². The third kappa shape index (κ3) is 8.88. The van der Waals surface area contributed by atoms with Gasteiger partial charge in [-0.25, -0.2) is 9.10 Å². The van der Waals surface area contributed by atoms with Crippen molar-refractivity contribution in [2.75, 3.05) is 25.9 Å². The summed E-state index contributed by atoms with van der Waals surface area (Å²) in [6, 6.07) is -0.516. The molecule has 0 atom stereocenters. The molecule has 110 valence electrons. The lowest BCUT2D eigenvalue weighted by Crippen LogP contribution is -2.39. The van der Waals surface area contributed by atoms with Gasteiger partial charge in [0.25, 0.3) is 0 Å². The molecule has 0 spiro atoms. The summed E-state index contributed by atoms with van der Waals surface area (Å²) in [6.07, 6.45) is 3.08. The maximum absolute atomic E-state index is 12.3. The molecule has 8 heteroatoms. The van der Waals surface area contributed by atoms with Gasteiger partial charge in [-0.3, -0.25) is 4.79 Å². The number of aldehydes is 1. The predicted molar refractivity (Wildman–Crippen MR) is 76.5 cm³/mol. The van der Waals surface area contributed by atoms with Crippen molar-refractivity contribution in [1.29, 1.82) is 0 Å². The van der Waals surface area contributed by atoms with Crippen LogP contribution in [0.2, 0.25) is 0 Å². The van der Waals surface area contributed by atoms with Gasteiger partial charge in [0.1, 0.15) is 6.29 Å². The summed E-state index contributed by atoms with van der Waals surface area (Å²) in [5.74, 6) is 0.761. The molecular formula is C11H19FN2O3S2. The van der Waals surface area contributed by atoms with Crippen LogP contribution < -0.4 is 0 Å². The van der Waals surface area contributed by atoms with Crippen molar-refractivity contribution in [1.82, 2.24) is 9.21 Å². The van der Waals surface area contributed by atoms with Crippen LogP contribution in [-0.4, -0.2) is 52.5 Å². The van der Waals surface area contributed by atoms with Crippen LogP contribution in [0.15, 0.2) is 0 Å². The van der Waals surface area contributed by atoms with Crippen LogP contribution >= 0.6 is 24.1 Å². The first-order valence-corrected chi connectivity index (χ1v) is 7.57. The molecule has 0 aromatic carbocycles. The van der Waals surface area contributed by atoms with E-state index in [0.29, 0.717) is 12.8 Å². The molecule has 2 amide bonds. The smallest absolute Gasteiger partial charge is 0.317 e. The molecule has 0 fully saturated rings. The fraction of sp³-hybridized carbons (Fsp3) is 0.727. The first-order chi connectivity index (χ1) is 9.02. The Bertz CT molecular complexity index is 306. The van der Waals surface area contributed by atoms with Crippen molar-refractivity contribution in [3.05, 3.63) is 0 Å². The van der Waals surface area contributed by atoms with Gasteiger partial charge in [-0.2, -0.15) is 0 Å². The Morgan fingerprint density at radius 3 is 2.47 bits per heavy atom. The van der Waals surface area contributed by atoms with Crippen molar-refractivity contribution in [3.63, 3.8) is 0 Å². The van der Waals surface area contributed by atoms with E-state index in [1.165, 1.54) is 30.6 Å². The normalized spacial score (nSPS) is 10.1. The zero-order valence-electron chi connectivity index (χ0n) is 11.1. The van der Waals surface area contributed by atoms with Crippen LogP contribution in [0.4, 0.5) is 8.68 Å². The van der Waals surface area contributed by atoms with Gasteiger partial charge in [0.15, 0.2) is 17.4 Å². The largest absolute Gasteiger partial charge is 0.332 e. The number of thioether (sulfide) groups is 1. The van der Waals surface area contributed by atoms with Crippen LogP contribution in [-0.2, 0) is 9.59 Å². The van der Waals surface area contributed by atoms with Crippen LogP contribution in [0.25, 0.3) is 0 Å². The fourth-order valence-corrected chi connectivity index (χ4v) is 2.19. The molecule has 0 saturated heterocycles. The average molecular weight is 310 g/mol. The number of hydrogen-bond donors (Lipinski definition) is 0. The Kier molecular flexibility index (Phi) is 10.7. The van der Waals surface area contributed by atoms with Crippen molar-refractivity contribution in [3.8, 4) is 0 Å². The number of urea groups is 1. The van der Waals surface area contributed by atoms with E-state index in [2.05, 4.69) is 0 Å². The molecule has 0 aliphatic carbocycles. The standard InChI is InChI=1S/C11H19FN2O3S2/c1-10(16)18-9-5-3-4-6-14(7-8-15)11(17)13(2)19-12/h8H,3-7,9H2,1-2H3. The van der Waals surface area contributed by atoms with E-state index in [-0.39, 0.29) is 24.0 Å². The second-order valence-corrected chi connectivity index (χ2v) is 5.82. The number of rotatable bonds is 9. The Morgan fingerprint density at radius 2 is 1.95 bits per heavy atom. The Hall–Kier alpha value is -0.760. The number of carbonyl (C=O) groups excluding carboxylic acids is 3. The average Bonchev–Trinajstić information content (AvgIpc) is 2.39. The summed E-state index contributed by atoms with van der Waals surface area (Å²) in [6.45, 7) is 1.90. The zero-order chi connectivity index (χ0) is 14.7. The summed E-state index contributed by atoms with van der Waals surface area (Å²) in [5.41, 5.74) is 0. The molecule has 0 unspecified atom stereocenters. The summed E-state index contributed by atoms with van der Waals surface area (Å²) >= 11 is 1.10. The lowest BCUT2D eigenvalue weighted by Gasteiger charge is -2.23. The van der Waals surface area contributed by atoms with Gasteiger partial charge in [-0.15, -0.1) is 3.89 Å². The molecule has 0 N–H and O–H groups in total. The van der Waals surface area contributed by atoms with E-state index in [4.69, 9.17) is 0 Å². The van der Waals surface area contributed by atoms with Crippen LogP contribution in [0.1, 0.15) is 26.2 Å². The number of halogens is 1. The first-order valence-electron chi connectivity index (χ1n) is 5.91. The molecule has 0 aromatic rings. The second-order valence-electron chi connectivity index (χ2n) is 3.86. The van der Waals surface area contributed by atoms with Gasteiger partial charge in [0.2, 0.25) is 0 Å². The van der Waals surface area contributed by atoms with E-state index in [0.717, 1.165) is 29.3 Å². The molecule has 0 aliphatic rings. The molecule has 5 nitrogen and oxygen atoms in total. The van der Waals surface area contributed by atoms with E-state index in [1.807, 2.05) is 0 Å². The lowest BCUT2D eigenvalue weighted by atomic mass is 10.2. The van der Waals surface area contributed by atoms with Gasteiger partial charge in [-0.05, 0) is 12.8 Å². The van der Waals surface area contributed by atoms with Gasteiger partial charge in [0.05, 0.1) is 6.54 Å². The maximum atomic E-state index is 12.3. The molecule has 0 radical (unpaired) electrons. The summed E-state index contributed by atoms with van der Waals surface area (Å²) < 4.78 is 13.1. The van der Waals surface area contributed by atoms with Gasteiger partial charge < -0.3 is 9.69 Å². The minimum absolute atomic E-state index is 0.0358. The third-order valence-electron chi connectivity index (χ3n) is 2.32. The highest BCUT2D eigenvalue weighted by atomic mass is 32.2. The van der Waals surface area contributed by atoms with E-state index in [9.17, 15) is 18.3 Å². The Balaban J connectivity index is 3.91. The van der Waals surface area contributed by atoms with Crippen molar-refractivity contribution >= 4 is 41.5 Å². The quantitative estimate of drug-likeness (QED) is 0.372. The zero-order valence-corrected chi connectivity index (χ0v) is 12.8. The monoisotopic (exact) mass is 310 g/mol. The van der Waals surface area contributed by atoms with Crippen LogP contribution in [0, 0.1) is 0 Å². The number of nitrogens with zero attached hydrogens (tertiary/aromatic N) is 2. The number of carbonyl (C=O) groups is 3. The van der Waals surface area contributed by atoms with Crippen molar-refractivity contribution in [2.45, 2.75) is 26.2 Å². The molecule has 0 rings (SSSR count). The highest BCUT2D eigenvalue weighted by Crippen LogP contribution is 2.12. The van der Waals surface area contributed by atoms with Crippen molar-refractivity contribution < 1.29 is 18.3 Å². The lowest BCUT2D eigenvalue weighted by molar-refractivity contribution is -0.109. The Labute approximate surface area is 121 Å². The number of amides is 2. The van der Waals surface area contributed by atoms with Crippen LogP contribution in [0.5, 0.6) is 0 Å². The number of hydrogen-bond acceptors (Lipinski definition) is 5. The molecule has 0 bridgehead atoms. The molecule has 0 aliphatic heterocycles. The van der Waals surface area contributed by atoms with Gasteiger partial charge in [-0.1, -0.05) is 18.2 Å². The van der Waals surface area contributed by atoms with Crippen molar-refractivity contribution in [2.24, 2.45) is 0 Å². The minimum atomic E-state index is -0.516. The maximum Gasteiger partial charge on any atom is 0.332 e. The predicted octanol–water partition coefficient (Wildman–Crippen LogP) is 2.52. The second kappa shape index (κ2) is 11.1. The van der Waals surface area contributed by atoms with Crippen LogP contribution in [0.3, 0.4) is 0 Å². The summed E-state index contributed by atoms with van der Waals surface area (Å²) in [4.78, 5) is 34.1. The highest BCUT2D eigenvalue weighted by molar-refractivity contribution is 8.13. The topological polar surface area (TPSA) is 57.7 Å². The molecular weight excluding hydrogens is 291 g/mol. The molecule has 0 saturated carbocycles. The molecule has 0 heterocycles. The summed E-state index contributed by atoms with van der Waals surface area (Å²) in [5, 5.41) is 0.0966. The SMILES string of the molecule is CC(=O)SCCCCCN(CC=O)C(=O)N(C)SF. The van der Waals surface area contributed by atoms with E-state index < -0.39 is 6.03 Å². The Morgan fingerprint density at radius 1 is 1.26 bits per heavy atom.